The van der Waals surface area contributed by atoms with Crippen LogP contribution in [0.5, 0.6) is 0 Å². The third kappa shape index (κ3) is 7.76. The molecular formula is C12H24N4O3. The van der Waals surface area contributed by atoms with Crippen LogP contribution >= 0.6 is 0 Å². The van der Waals surface area contributed by atoms with Gasteiger partial charge in [0.1, 0.15) is 0 Å². The summed E-state index contributed by atoms with van der Waals surface area (Å²) in [6.07, 6.45) is 1.97. The number of methoxy groups -OCH3 is 1. The summed E-state index contributed by atoms with van der Waals surface area (Å²) < 4.78 is 15.6. The Kier molecular flexibility index (Phi) is 8.95. The van der Waals surface area contributed by atoms with Gasteiger partial charge in [0.15, 0.2) is 0 Å². The van der Waals surface area contributed by atoms with Gasteiger partial charge in [-0.3, -0.25) is 0 Å². The molecule has 0 aliphatic rings. The number of rotatable bonds is 12. The van der Waals surface area contributed by atoms with Gasteiger partial charge in [0.25, 0.3) is 0 Å². The zero-order chi connectivity index (χ0) is 13.8. The van der Waals surface area contributed by atoms with Gasteiger partial charge in [-0.2, -0.15) is 0 Å². The highest BCUT2D eigenvalue weighted by molar-refractivity contribution is 5.16. The summed E-state index contributed by atoms with van der Waals surface area (Å²) in [4.78, 5) is 0. The van der Waals surface area contributed by atoms with Gasteiger partial charge in [0.05, 0.1) is 19.8 Å². The van der Waals surface area contributed by atoms with Crippen molar-refractivity contribution in [2.45, 2.75) is 26.3 Å². The molecule has 0 saturated heterocycles. The first-order valence-electron chi connectivity index (χ1n) is 6.70. The Morgan fingerprint density at radius 2 is 2.05 bits per heavy atom. The van der Waals surface area contributed by atoms with Crippen molar-refractivity contribution in [2.75, 3.05) is 45.3 Å². The van der Waals surface area contributed by atoms with Crippen LogP contribution in [-0.4, -0.2) is 50.2 Å². The van der Waals surface area contributed by atoms with Crippen molar-refractivity contribution in [3.8, 4) is 0 Å². The van der Waals surface area contributed by atoms with Gasteiger partial charge in [-0.1, -0.05) is 12.0 Å². The first-order chi connectivity index (χ1) is 9.36. The van der Waals surface area contributed by atoms with E-state index >= 15 is 0 Å². The topological polar surface area (TPSA) is 81.4 Å². The summed E-state index contributed by atoms with van der Waals surface area (Å²) >= 11 is 0. The number of nitrogens with zero attached hydrogens (tertiary/aromatic N) is 2. The Morgan fingerprint density at radius 3 is 2.84 bits per heavy atom. The second-order valence-corrected chi connectivity index (χ2v) is 4.06. The molecule has 0 atom stereocenters. The van der Waals surface area contributed by atoms with Crippen molar-refractivity contribution in [1.82, 2.24) is 15.5 Å². The van der Waals surface area contributed by atoms with Crippen LogP contribution in [0.15, 0.2) is 4.42 Å². The van der Waals surface area contributed by atoms with E-state index in [4.69, 9.17) is 13.9 Å². The number of hydrogen-bond donors (Lipinski definition) is 2. The number of anilines is 1. The van der Waals surface area contributed by atoms with E-state index < -0.39 is 0 Å². The molecule has 7 heteroatoms. The van der Waals surface area contributed by atoms with Gasteiger partial charge >= 0.3 is 6.01 Å². The molecule has 0 aliphatic heterocycles. The van der Waals surface area contributed by atoms with Crippen molar-refractivity contribution in [3.05, 3.63) is 5.89 Å². The molecule has 0 radical (unpaired) electrons. The van der Waals surface area contributed by atoms with Gasteiger partial charge in [-0.15, -0.1) is 5.10 Å². The average Bonchev–Trinajstić information content (AvgIpc) is 2.86. The standard InChI is InChI=1S/C12H24N4O3/c1-3-5-13-10-11-15-16-12(19-11)14-6-4-7-18-9-8-17-2/h13H,3-10H2,1-2H3,(H,14,16). The monoisotopic (exact) mass is 272 g/mol. The lowest BCUT2D eigenvalue weighted by atomic mass is 10.4. The van der Waals surface area contributed by atoms with Crippen LogP contribution in [0.25, 0.3) is 0 Å². The predicted octanol–water partition coefficient (Wildman–Crippen LogP) is 1.03. The first kappa shape index (κ1) is 15.9. The van der Waals surface area contributed by atoms with E-state index in [1.165, 1.54) is 0 Å². The Morgan fingerprint density at radius 1 is 1.16 bits per heavy atom. The van der Waals surface area contributed by atoms with E-state index in [2.05, 4.69) is 27.8 Å². The quantitative estimate of drug-likeness (QED) is 0.550. The molecule has 1 aromatic rings. The van der Waals surface area contributed by atoms with Gasteiger partial charge in [-0.25, -0.2) is 0 Å². The number of hydrogen-bond acceptors (Lipinski definition) is 7. The second-order valence-electron chi connectivity index (χ2n) is 4.06. The van der Waals surface area contributed by atoms with E-state index in [1.807, 2.05) is 0 Å². The molecule has 1 rings (SSSR count). The van der Waals surface area contributed by atoms with Gasteiger partial charge < -0.3 is 24.5 Å². The van der Waals surface area contributed by atoms with Crippen LogP contribution in [0, 0.1) is 0 Å². The normalized spacial score (nSPS) is 10.8. The maximum Gasteiger partial charge on any atom is 0.315 e. The zero-order valence-electron chi connectivity index (χ0n) is 11.8. The maximum atomic E-state index is 5.42. The Bertz CT molecular complexity index is 320. The van der Waals surface area contributed by atoms with Crippen LogP contribution in [-0.2, 0) is 16.0 Å². The minimum atomic E-state index is 0.463. The summed E-state index contributed by atoms with van der Waals surface area (Å²) in [5.41, 5.74) is 0. The minimum Gasteiger partial charge on any atom is -0.407 e. The lowest BCUT2D eigenvalue weighted by Crippen LogP contribution is -2.13. The molecular weight excluding hydrogens is 248 g/mol. The van der Waals surface area contributed by atoms with E-state index in [1.54, 1.807) is 7.11 Å². The Hall–Kier alpha value is -1.18. The summed E-state index contributed by atoms with van der Waals surface area (Å²) in [5, 5.41) is 14.1. The molecule has 1 aromatic heterocycles. The van der Waals surface area contributed by atoms with Crippen LogP contribution in [0.3, 0.4) is 0 Å². The highest BCUT2D eigenvalue weighted by Gasteiger charge is 2.04. The van der Waals surface area contributed by atoms with Crippen LogP contribution in [0.2, 0.25) is 0 Å². The fourth-order valence-corrected chi connectivity index (χ4v) is 1.38. The van der Waals surface area contributed by atoms with Crippen LogP contribution in [0.1, 0.15) is 25.7 Å². The lowest BCUT2D eigenvalue weighted by Gasteiger charge is -2.03. The molecule has 0 bridgehead atoms. The van der Waals surface area contributed by atoms with Gasteiger partial charge in [0, 0.05) is 20.3 Å². The minimum absolute atomic E-state index is 0.463. The zero-order valence-corrected chi connectivity index (χ0v) is 11.8. The highest BCUT2D eigenvalue weighted by Crippen LogP contribution is 2.04. The third-order valence-corrected chi connectivity index (χ3v) is 2.34. The summed E-state index contributed by atoms with van der Waals surface area (Å²) in [6, 6.07) is 0.463. The van der Waals surface area contributed by atoms with Gasteiger partial charge in [0.2, 0.25) is 5.89 Å². The molecule has 110 valence electrons. The van der Waals surface area contributed by atoms with Crippen molar-refractivity contribution >= 4 is 6.01 Å². The molecule has 1 heterocycles. The molecule has 2 N–H and O–H groups in total. The lowest BCUT2D eigenvalue weighted by molar-refractivity contribution is 0.0705. The number of ether oxygens (including phenoxy) is 2. The number of nitrogens with one attached hydrogen (secondary N) is 2. The Balaban J connectivity index is 2.03. The fourth-order valence-electron chi connectivity index (χ4n) is 1.38. The van der Waals surface area contributed by atoms with Crippen molar-refractivity contribution < 1.29 is 13.9 Å². The fraction of sp³-hybridized carbons (Fsp3) is 0.833. The predicted molar refractivity (Wildman–Crippen MR) is 72.1 cm³/mol. The van der Waals surface area contributed by atoms with Crippen molar-refractivity contribution in [2.24, 2.45) is 0 Å². The smallest absolute Gasteiger partial charge is 0.315 e. The average molecular weight is 272 g/mol. The summed E-state index contributed by atoms with van der Waals surface area (Å²) in [7, 11) is 1.66. The van der Waals surface area contributed by atoms with E-state index in [0.717, 1.165) is 25.9 Å². The molecule has 19 heavy (non-hydrogen) atoms. The van der Waals surface area contributed by atoms with Crippen molar-refractivity contribution in [1.29, 1.82) is 0 Å². The van der Waals surface area contributed by atoms with Crippen molar-refractivity contribution in [3.63, 3.8) is 0 Å². The molecule has 7 nitrogen and oxygen atoms in total. The van der Waals surface area contributed by atoms with Gasteiger partial charge in [-0.05, 0) is 19.4 Å². The molecule has 0 aliphatic carbocycles. The Labute approximate surface area is 114 Å². The van der Waals surface area contributed by atoms with E-state index in [-0.39, 0.29) is 0 Å². The number of aromatic nitrogens is 2. The van der Waals surface area contributed by atoms with E-state index in [9.17, 15) is 0 Å². The summed E-state index contributed by atoms with van der Waals surface area (Å²) in [6.45, 7) is 6.37. The molecule has 0 saturated carbocycles. The molecule has 0 spiro atoms. The largest absolute Gasteiger partial charge is 0.407 e. The molecule has 0 aromatic carbocycles. The van der Waals surface area contributed by atoms with Crippen LogP contribution < -0.4 is 10.6 Å². The maximum absolute atomic E-state index is 5.42. The second kappa shape index (κ2) is 10.7. The first-order valence-corrected chi connectivity index (χ1v) is 6.70. The highest BCUT2D eigenvalue weighted by atomic mass is 16.5. The third-order valence-electron chi connectivity index (χ3n) is 2.34. The SMILES string of the molecule is CCCNCc1nnc(NCCCOCCOC)o1. The molecule has 0 amide bonds. The molecule has 0 unspecified atom stereocenters. The summed E-state index contributed by atoms with van der Waals surface area (Å²) in [5.74, 6) is 0.604. The van der Waals surface area contributed by atoms with Crippen LogP contribution in [0.4, 0.5) is 6.01 Å². The molecule has 0 fully saturated rings. The van der Waals surface area contributed by atoms with E-state index in [0.29, 0.717) is 38.3 Å².